The largest absolute Gasteiger partial charge is 0.493 e. The van der Waals surface area contributed by atoms with Gasteiger partial charge in [0.25, 0.3) is 0 Å². The molecule has 0 N–H and O–H groups in total. The van der Waals surface area contributed by atoms with Crippen molar-refractivity contribution >= 4 is 5.65 Å². The van der Waals surface area contributed by atoms with Crippen LogP contribution >= 0.6 is 0 Å². The molecule has 1 aliphatic heterocycles. The standard InChI is InChI=1S/C14H20N4O/c1-3-17-8-6-11(10-17)9-13-15-14-12(19-2)5-4-7-18(14)16-13/h4-5,7,11H,3,6,8-10H2,1-2H3. The summed E-state index contributed by atoms with van der Waals surface area (Å²) in [6, 6.07) is 3.85. The van der Waals surface area contributed by atoms with E-state index in [1.165, 1.54) is 19.5 Å². The summed E-state index contributed by atoms with van der Waals surface area (Å²) in [5, 5.41) is 4.54. The average molecular weight is 260 g/mol. The van der Waals surface area contributed by atoms with Crippen molar-refractivity contribution in [1.29, 1.82) is 0 Å². The molecule has 1 saturated heterocycles. The van der Waals surface area contributed by atoms with E-state index >= 15 is 0 Å². The van der Waals surface area contributed by atoms with Gasteiger partial charge in [-0.25, -0.2) is 9.50 Å². The summed E-state index contributed by atoms with van der Waals surface area (Å²) in [6.45, 7) is 5.74. The fourth-order valence-electron chi connectivity index (χ4n) is 2.80. The first-order valence-corrected chi connectivity index (χ1v) is 6.90. The van der Waals surface area contributed by atoms with E-state index in [0.717, 1.165) is 30.2 Å². The molecule has 1 atom stereocenters. The summed E-state index contributed by atoms with van der Waals surface area (Å²) < 4.78 is 7.12. The van der Waals surface area contributed by atoms with E-state index in [1.807, 2.05) is 18.3 Å². The fraction of sp³-hybridized carbons (Fsp3) is 0.571. The minimum absolute atomic E-state index is 0.684. The number of methoxy groups -OCH3 is 1. The van der Waals surface area contributed by atoms with Gasteiger partial charge in [-0.3, -0.25) is 0 Å². The van der Waals surface area contributed by atoms with Crippen molar-refractivity contribution in [2.45, 2.75) is 19.8 Å². The van der Waals surface area contributed by atoms with Crippen molar-refractivity contribution in [2.75, 3.05) is 26.7 Å². The molecule has 0 radical (unpaired) electrons. The summed E-state index contributed by atoms with van der Waals surface area (Å²) in [7, 11) is 1.67. The Morgan fingerprint density at radius 3 is 3.11 bits per heavy atom. The number of fused-ring (bicyclic) bond motifs is 1. The highest BCUT2D eigenvalue weighted by molar-refractivity contribution is 5.52. The molecule has 0 spiro atoms. The van der Waals surface area contributed by atoms with Crippen molar-refractivity contribution in [2.24, 2.45) is 5.92 Å². The topological polar surface area (TPSA) is 42.7 Å². The smallest absolute Gasteiger partial charge is 0.198 e. The lowest BCUT2D eigenvalue weighted by Crippen LogP contribution is -2.20. The van der Waals surface area contributed by atoms with Crippen LogP contribution in [0.5, 0.6) is 5.75 Å². The summed E-state index contributed by atoms with van der Waals surface area (Å²) in [6.07, 6.45) is 4.13. The fourth-order valence-corrected chi connectivity index (χ4v) is 2.80. The van der Waals surface area contributed by atoms with Crippen LogP contribution in [0, 0.1) is 5.92 Å². The van der Waals surface area contributed by atoms with Crippen molar-refractivity contribution in [3.8, 4) is 5.75 Å². The Morgan fingerprint density at radius 2 is 2.37 bits per heavy atom. The average Bonchev–Trinajstić information content (AvgIpc) is 3.04. The van der Waals surface area contributed by atoms with Gasteiger partial charge in [-0.1, -0.05) is 6.92 Å². The zero-order chi connectivity index (χ0) is 13.2. The number of hydrogen-bond acceptors (Lipinski definition) is 4. The van der Waals surface area contributed by atoms with Crippen molar-refractivity contribution in [3.63, 3.8) is 0 Å². The third-order valence-corrected chi connectivity index (χ3v) is 3.88. The summed E-state index contributed by atoms with van der Waals surface area (Å²) in [5.41, 5.74) is 0.811. The monoisotopic (exact) mass is 260 g/mol. The van der Waals surface area contributed by atoms with Crippen LogP contribution < -0.4 is 4.74 Å². The van der Waals surface area contributed by atoms with Crippen LogP contribution in [0.2, 0.25) is 0 Å². The summed E-state index contributed by atoms with van der Waals surface area (Å²) >= 11 is 0. The number of likely N-dealkylation sites (tertiary alicyclic amines) is 1. The Balaban J connectivity index is 1.79. The van der Waals surface area contributed by atoms with Crippen LogP contribution in [0.4, 0.5) is 0 Å². The predicted molar refractivity (Wildman–Crippen MR) is 73.5 cm³/mol. The molecule has 1 aliphatic rings. The van der Waals surface area contributed by atoms with E-state index < -0.39 is 0 Å². The number of hydrogen-bond donors (Lipinski definition) is 0. The Kier molecular flexibility index (Phi) is 3.38. The van der Waals surface area contributed by atoms with E-state index in [2.05, 4.69) is 21.9 Å². The van der Waals surface area contributed by atoms with Crippen LogP contribution in [-0.2, 0) is 6.42 Å². The third-order valence-electron chi connectivity index (χ3n) is 3.88. The Bertz CT molecular complexity index is 566. The molecule has 5 heteroatoms. The quantitative estimate of drug-likeness (QED) is 0.838. The highest BCUT2D eigenvalue weighted by atomic mass is 16.5. The second-order valence-corrected chi connectivity index (χ2v) is 5.12. The zero-order valence-electron chi connectivity index (χ0n) is 11.5. The molecular weight excluding hydrogens is 240 g/mol. The maximum atomic E-state index is 5.31. The van der Waals surface area contributed by atoms with Crippen molar-refractivity contribution < 1.29 is 4.74 Å². The van der Waals surface area contributed by atoms with Gasteiger partial charge < -0.3 is 9.64 Å². The van der Waals surface area contributed by atoms with Gasteiger partial charge in [0.15, 0.2) is 17.2 Å². The van der Waals surface area contributed by atoms with Crippen molar-refractivity contribution in [3.05, 3.63) is 24.2 Å². The molecule has 102 valence electrons. The van der Waals surface area contributed by atoms with E-state index in [4.69, 9.17) is 4.74 Å². The molecule has 1 unspecified atom stereocenters. The number of ether oxygens (including phenoxy) is 1. The van der Waals surface area contributed by atoms with E-state index in [9.17, 15) is 0 Å². The maximum Gasteiger partial charge on any atom is 0.198 e. The van der Waals surface area contributed by atoms with Gasteiger partial charge in [0, 0.05) is 19.2 Å². The molecule has 0 aliphatic carbocycles. The second kappa shape index (κ2) is 5.17. The van der Waals surface area contributed by atoms with Gasteiger partial charge in [-0.15, -0.1) is 0 Å². The number of pyridine rings is 1. The van der Waals surface area contributed by atoms with Gasteiger partial charge in [0.1, 0.15) is 0 Å². The van der Waals surface area contributed by atoms with E-state index in [-0.39, 0.29) is 0 Å². The molecule has 5 nitrogen and oxygen atoms in total. The summed E-state index contributed by atoms with van der Waals surface area (Å²) in [5.74, 6) is 2.39. The Hall–Kier alpha value is -1.62. The molecule has 1 fully saturated rings. The number of nitrogens with zero attached hydrogens (tertiary/aromatic N) is 4. The SMILES string of the molecule is CCN1CCC(Cc2nc3c(OC)cccn3n2)C1. The third kappa shape index (κ3) is 2.42. The molecule has 2 aromatic rings. The molecule has 0 saturated carbocycles. The first kappa shape index (κ1) is 12.4. The lowest BCUT2D eigenvalue weighted by Gasteiger charge is -2.11. The molecule has 2 aromatic heterocycles. The number of rotatable bonds is 4. The molecule has 3 rings (SSSR count). The minimum Gasteiger partial charge on any atom is -0.493 e. The van der Waals surface area contributed by atoms with Crippen LogP contribution in [0.15, 0.2) is 18.3 Å². The molecule has 19 heavy (non-hydrogen) atoms. The van der Waals surface area contributed by atoms with Gasteiger partial charge in [-0.2, -0.15) is 5.10 Å². The van der Waals surface area contributed by atoms with Crippen molar-refractivity contribution in [1.82, 2.24) is 19.5 Å². The molecule has 0 aromatic carbocycles. The van der Waals surface area contributed by atoms with E-state index in [0.29, 0.717) is 5.92 Å². The van der Waals surface area contributed by atoms with Gasteiger partial charge in [-0.05, 0) is 37.6 Å². The van der Waals surface area contributed by atoms with Gasteiger partial charge in [0.05, 0.1) is 7.11 Å². The first-order valence-electron chi connectivity index (χ1n) is 6.90. The number of aromatic nitrogens is 3. The lowest BCUT2D eigenvalue weighted by molar-refractivity contribution is 0.341. The second-order valence-electron chi connectivity index (χ2n) is 5.12. The van der Waals surface area contributed by atoms with Gasteiger partial charge in [0.2, 0.25) is 0 Å². The van der Waals surface area contributed by atoms with Crippen LogP contribution in [0.3, 0.4) is 0 Å². The van der Waals surface area contributed by atoms with Gasteiger partial charge >= 0.3 is 0 Å². The first-order chi connectivity index (χ1) is 9.30. The molecule has 0 amide bonds. The molecular formula is C14H20N4O. The predicted octanol–water partition coefficient (Wildman–Crippen LogP) is 1.62. The van der Waals surface area contributed by atoms with Crippen LogP contribution in [0.1, 0.15) is 19.2 Å². The molecule has 0 bridgehead atoms. The maximum absolute atomic E-state index is 5.31. The zero-order valence-corrected chi connectivity index (χ0v) is 11.5. The minimum atomic E-state index is 0.684. The van der Waals surface area contributed by atoms with Crippen LogP contribution in [-0.4, -0.2) is 46.2 Å². The van der Waals surface area contributed by atoms with Crippen LogP contribution in [0.25, 0.3) is 5.65 Å². The molecule has 3 heterocycles. The van der Waals surface area contributed by atoms with E-state index in [1.54, 1.807) is 11.6 Å². The normalized spacial score (nSPS) is 20.2. The highest BCUT2D eigenvalue weighted by Gasteiger charge is 2.23. The summed E-state index contributed by atoms with van der Waals surface area (Å²) in [4.78, 5) is 7.09. The Morgan fingerprint density at radius 1 is 1.47 bits per heavy atom. The lowest BCUT2D eigenvalue weighted by atomic mass is 10.1. The Labute approximate surface area is 113 Å². The highest BCUT2D eigenvalue weighted by Crippen LogP contribution is 2.21.